The summed E-state index contributed by atoms with van der Waals surface area (Å²) < 4.78 is 22.8. The van der Waals surface area contributed by atoms with Gasteiger partial charge >= 0.3 is 0 Å². The van der Waals surface area contributed by atoms with E-state index in [0.29, 0.717) is 12.0 Å². The van der Waals surface area contributed by atoms with E-state index >= 15 is 0 Å². The first-order valence-corrected chi connectivity index (χ1v) is 10.1. The summed E-state index contributed by atoms with van der Waals surface area (Å²) in [5, 5.41) is 3.26. The number of nitrogens with zero attached hydrogens (tertiary/aromatic N) is 2. The van der Waals surface area contributed by atoms with E-state index in [2.05, 4.69) is 29.1 Å². The lowest BCUT2D eigenvalue weighted by Crippen LogP contribution is -2.53. The predicted molar refractivity (Wildman–Crippen MR) is 94.1 cm³/mol. The van der Waals surface area contributed by atoms with Gasteiger partial charge in [0.05, 0.1) is 4.75 Å². The molecule has 0 radical (unpaired) electrons. The van der Waals surface area contributed by atoms with E-state index in [4.69, 9.17) is 0 Å². The van der Waals surface area contributed by atoms with Crippen molar-refractivity contribution in [2.45, 2.75) is 58.1 Å². The Kier molecular flexibility index (Phi) is 6.30. The standard InChI is InChI=1S/C16H33N3O2S/c1-7-9-16(4)10-8-11-19(13-16)14(17-5)18-12-15(2,3)22(6,20)21/h7-13H2,1-6H3,(H,17,18). The Morgan fingerprint density at radius 2 is 2.05 bits per heavy atom. The van der Waals surface area contributed by atoms with E-state index in [1.165, 1.54) is 25.5 Å². The SMILES string of the molecule is CCCC1(C)CCCN(C(=NC)NCC(C)(C)S(C)(=O)=O)C1. The zero-order chi connectivity index (χ0) is 17.0. The molecule has 5 nitrogen and oxygen atoms in total. The van der Waals surface area contributed by atoms with Gasteiger partial charge in [0, 0.05) is 32.9 Å². The van der Waals surface area contributed by atoms with Gasteiger partial charge in [0.1, 0.15) is 0 Å². The van der Waals surface area contributed by atoms with Crippen LogP contribution in [0.1, 0.15) is 53.4 Å². The van der Waals surface area contributed by atoms with Crippen molar-refractivity contribution < 1.29 is 8.42 Å². The molecule has 1 atom stereocenters. The van der Waals surface area contributed by atoms with E-state index in [9.17, 15) is 8.42 Å². The van der Waals surface area contributed by atoms with Gasteiger partial charge in [-0.3, -0.25) is 4.99 Å². The fourth-order valence-corrected chi connectivity index (χ4v) is 3.39. The second-order valence-corrected chi connectivity index (χ2v) is 10.2. The molecule has 0 amide bonds. The van der Waals surface area contributed by atoms with E-state index < -0.39 is 14.6 Å². The van der Waals surface area contributed by atoms with Gasteiger partial charge in [-0.15, -0.1) is 0 Å². The first-order chi connectivity index (χ1) is 10.0. The molecule has 1 saturated heterocycles. The van der Waals surface area contributed by atoms with Crippen LogP contribution in [0.15, 0.2) is 4.99 Å². The topological polar surface area (TPSA) is 61.8 Å². The number of rotatable bonds is 5. The van der Waals surface area contributed by atoms with Crippen molar-refractivity contribution in [3.8, 4) is 0 Å². The van der Waals surface area contributed by atoms with Crippen LogP contribution in [0.5, 0.6) is 0 Å². The van der Waals surface area contributed by atoms with Gasteiger partial charge in [-0.25, -0.2) is 8.42 Å². The van der Waals surface area contributed by atoms with Crippen LogP contribution in [-0.4, -0.2) is 57.0 Å². The number of nitrogens with one attached hydrogen (secondary N) is 1. The van der Waals surface area contributed by atoms with Crippen molar-refractivity contribution >= 4 is 15.8 Å². The molecule has 0 aliphatic carbocycles. The highest BCUT2D eigenvalue weighted by molar-refractivity contribution is 7.92. The number of aliphatic imine (C=N–C) groups is 1. The molecule has 0 aromatic rings. The van der Waals surface area contributed by atoms with E-state index in [0.717, 1.165) is 25.5 Å². The van der Waals surface area contributed by atoms with E-state index in [1.54, 1.807) is 20.9 Å². The van der Waals surface area contributed by atoms with Crippen LogP contribution in [0, 0.1) is 5.41 Å². The lowest BCUT2D eigenvalue weighted by atomic mass is 9.78. The fraction of sp³-hybridized carbons (Fsp3) is 0.938. The monoisotopic (exact) mass is 331 g/mol. The van der Waals surface area contributed by atoms with Gasteiger partial charge in [-0.1, -0.05) is 20.3 Å². The Morgan fingerprint density at radius 1 is 1.41 bits per heavy atom. The molecule has 0 spiro atoms. The smallest absolute Gasteiger partial charge is 0.193 e. The summed E-state index contributed by atoms with van der Waals surface area (Å²) in [5.74, 6) is 0.818. The first-order valence-electron chi connectivity index (χ1n) is 8.20. The molecule has 1 unspecified atom stereocenters. The summed E-state index contributed by atoms with van der Waals surface area (Å²) in [6.07, 6.45) is 6.11. The molecule has 1 rings (SSSR count). The van der Waals surface area contributed by atoms with Crippen molar-refractivity contribution in [2.75, 3.05) is 32.9 Å². The van der Waals surface area contributed by atoms with Crippen molar-refractivity contribution in [3.05, 3.63) is 0 Å². The lowest BCUT2D eigenvalue weighted by Gasteiger charge is -2.42. The van der Waals surface area contributed by atoms with Crippen molar-refractivity contribution in [2.24, 2.45) is 10.4 Å². The number of hydrogen-bond acceptors (Lipinski definition) is 3. The third-order valence-electron chi connectivity index (χ3n) is 4.82. The summed E-state index contributed by atoms with van der Waals surface area (Å²) in [5.41, 5.74) is 0.330. The lowest BCUT2D eigenvalue weighted by molar-refractivity contribution is 0.142. The molecule has 0 saturated carbocycles. The molecule has 1 aliphatic rings. The number of likely N-dealkylation sites (tertiary alicyclic amines) is 1. The average Bonchev–Trinajstić information content (AvgIpc) is 2.38. The van der Waals surface area contributed by atoms with Gasteiger partial charge in [0.15, 0.2) is 15.8 Å². The Labute approximate surface area is 136 Å². The molecular weight excluding hydrogens is 298 g/mol. The average molecular weight is 332 g/mol. The maximum atomic E-state index is 11.8. The van der Waals surface area contributed by atoms with Gasteiger partial charge in [-0.2, -0.15) is 0 Å². The number of piperidine rings is 1. The van der Waals surface area contributed by atoms with Gasteiger partial charge in [0.2, 0.25) is 0 Å². The molecule has 6 heteroatoms. The number of sulfone groups is 1. The van der Waals surface area contributed by atoms with Crippen LogP contribution in [0.3, 0.4) is 0 Å². The third-order valence-corrected chi connectivity index (χ3v) is 6.97. The Hall–Kier alpha value is -0.780. The molecule has 1 heterocycles. The molecular formula is C16H33N3O2S. The summed E-state index contributed by atoms with van der Waals surface area (Å²) in [4.78, 5) is 6.63. The molecule has 0 aromatic carbocycles. The van der Waals surface area contributed by atoms with Gasteiger partial charge in [-0.05, 0) is 38.5 Å². The Bertz CT molecular complexity index is 496. The zero-order valence-electron chi connectivity index (χ0n) is 15.1. The second-order valence-electron chi connectivity index (χ2n) is 7.52. The van der Waals surface area contributed by atoms with Crippen molar-refractivity contribution in [1.29, 1.82) is 0 Å². The maximum Gasteiger partial charge on any atom is 0.193 e. The summed E-state index contributed by atoms with van der Waals surface area (Å²) in [6, 6.07) is 0. The minimum atomic E-state index is -3.10. The van der Waals surface area contributed by atoms with Gasteiger partial charge in [0.25, 0.3) is 0 Å². The van der Waals surface area contributed by atoms with Crippen LogP contribution in [0.2, 0.25) is 0 Å². The molecule has 130 valence electrons. The molecule has 1 aliphatic heterocycles. The van der Waals surface area contributed by atoms with E-state index in [1.807, 2.05) is 0 Å². The summed E-state index contributed by atoms with van der Waals surface area (Å²) >= 11 is 0. The van der Waals surface area contributed by atoms with Crippen LogP contribution in [0.4, 0.5) is 0 Å². The maximum absolute atomic E-state index is 11.8. The Balaban J connectivity index is 2.73. The van der Waals surface area contributed by atoms with Crippen molar-refractivity contribution in [1.82, 2.24) is 10.2 Å². The minimum Gasteiger partial charge on any atom is -0.355 e. The molecule has 0 bridgehead atoms. The van der Waals surface area contributed by atoms with Crippen LogP contribution >= 0.6 is 0 Å². The molecule has 22 heavy (non-hydrogen) atoms. The third kappa shape index (κ3) is 4.86. The van der Waals surface area contributed by atoms with Crippen LogP contribution in [0.25, 0.3) is 0 Å². The Morgan fingerprint density at radius 3 is 2.55 bits per heavy atom. The quantitative estimate of drug-likeness (QED) is 0.620. The van der Waals surface area contributed by atoms with Gasteiger partial charge < -0.3 is 10.2 Å². The zero-order valence-corrected chi connectivity index (χ0v) is 15.9. The minimum absolute atomic E-state index is 0.330. The molecule has 0 aromatic heterocycles. The van der Waals surface area contributed by atoms with Crippen molar-refractivity contribution in [3.63, 3.8) is 0 Å². The first kappa shape index (κ1) is 19.3. The predicted octanol–water partition coefficient (Wildman–Crippen LogP) is 2.29. The number of hydrogen-bond donors (Lipinski definition) is 1. The number of guanidine groups is 1. The van der Waals surface area contributed by atoms with E-state index in [-0.39, 0.29) is 0 Å². The molecule has 1 fully saturated rings. The normalized spacial score (nSPS) is 24.5. The summed E-state index contributed by atoms with van der Waals surface area (Å²) in [7, 11) is -1.34. The highest BCUT2D eigenvalue weighted by Crippen LogP contribution is 2.33. The fourth-order valence-electron chi connectivity index (χ4n) is 3.06. The van der Waals surface area contributed by atoms with Crippen LogP contribution in [-0.2, 0) is 9.84 Å². The molecule has 1 N–H and O–H groups in total. The van der Waals surface area contributed by atoms with Crippen LogP contribution < -0.4 is 5.32 Å². The second kappa shape index (κ2) is 7.20. The summed E-state index contributed by atoms with van der Waals surface area (Å²) in [6.45, 7) is 10.4. The largest absolute Gasteiger partial charge is 0.355 e. The highest BCUT2D eigenvalue weighted by Gasteiger charge is 2.34. The highest BCUT2D eigenvalue weighted by atomic mass is 32.2.